The second kappa shape index (κ2) is 6.94. The van der Waals surface area contributed by atoms with E-state index < -0.39 is 0 Å². The van der Waals surface area contributed by atoms with Crippen LogP contribution in [-0.4, -0.2) is 17.8 Å². The molecule has 2 rings (SSSR count). The second-order valence-electron chi connectivity index (χ2n) is 5.41. The summed E-state index contributed by atoms with van der Waals surface area (Å²) in [4.78, 5) is 0. The van der Waals surface area contributed by atoms with E-state index in [1.807, 2.05) is 12.1 Å². The second-order valence-corrected chi connectivity index (χ2v) is 6.25. The molecule has 0 aromatic heterocycles. The van der Waals surface area contributed by atoms with E-state index in [0.29, 0.717) is 16.0 Å². The standard InChI is InChI=1S/C15H21Cl2NO/c1-10(13-7-6-12(16)8-14(13)17)18-9-11-4-2-3-5-15(11)19/h6-8,10-11,15,18-19H,2-5,9H2,1H3. The fourth-order valence-corrected chi connectivity index (χ4v) is 3.29. The zero-order chi connectivity index (χ0) is 13.8. The van der Waals surface area contributed by atoms with E-state index in [-0.39, 0.29) is 12.1 Å². The van der Waals surface area contributed by atoms with Gasteiger partial charge in [-0.2, -0.15) is 0 Å². The lowest BCUT2D eigenvalue weighted by Crippen LogP contribution is -2.35. The van der Waals surface area contributed by atoms with Gasteiger partial charge in [0, 0.05) is 22.6 Å². The molecule has 3 atom stereocenters. The molecule has 4 heteroatoms. The summed E-state index contributed by atoms with van der Waals surface area (Å²) in [6.07, 6.45) is 4.25. The van der Waals surface area contributed by atoms with E-state index in [1.54, 1.807) is 6.07 Å². The van der Waals surface area contributed by atoms with Crippen LogP contribution in [-0.2, 0) is 0 Å². The fraction of sp³-hybridized carbons (Fsp3) is 0.600. The third-order valence-electron chi connectivity index (χ3n) is 3.98. The molecule has 3 unspecified atom stereocenters. The first-order valence-electron chi connectivity index (χ1n) is 6.94. The van der Waals surface area contributed by atoms with Crippen molar-refractivity contribution in [1.29, 1.82) is 0 Å². The van der Waals surface area contributed by atoms with Gasteiger partial charge in [-0.15, -0.1) is 0 Å². The van der Waals surface area contributed by atoms with Gasteiger partial charge in [0.2, 0.25) is 0 Å². The number of hydrogen-bond donors (Lipinski definition) is 2. The van der Waals surface area contributed by atoms with Crippen LogP contribution in [0.3, 0.4) is 0 Å². The van der Waals surface area contributed by atoms with Crippen molar-refractivity contribution < 1.29 is 5.11 Å². The molecule has 0 saturated heterocycles. The minimum Gasteiger partial charge on any atom is -0.393 e. The van der Waals surface area contributed by atoms with Crippen LogP contribution in [0.1, 0.15) is 44.2 Å². The highest BCUT2D eigenvalue weighted by Gasteiger charge is 2.23. The largest absolute Gasteiger partial charge is 0.393 e. The molecule has 19 heavy (non-hydrogen) atoms. The SMILES string of the molecule is CC(NCC1CCCCC1O)c1ccc(Cl)cc1Cl. The van der Waals surface area contributed by atoms with Crippen LogP contribution in [0.15, 0.2) is 18.2 Å². The maximum absolute atomic E-state index is 9.96. The van der Waals surface area contributed by atoms with Crippen molar-refractivity contribution >= 4 is 23.2 Å². The number of aliphatic hydroxyl groups excluding tert-OH is 1. The molecule has 0 radical (unpaired) electrons. The van der Waals surface area contributed by atoms with Crippen molar-refractivity contribution in [2.75, 3.05) is 6.54 Å². The van der Waals surface area contributed by atoms with Crippen LogP contribution < -0.4 is 5.32 Å². The summed E-state index contributed by atoms with van der Waals surface area (Å²) in [7, 11) is 0. The van der Waals surface area contributed by atoms with Gasteiger partial charge in [0.05, 0.1) is 6.10 Å². The first-order valence-corrected chi connectivity index (χ1v) is 7.70. The maximum atomic E-state index is 9.96. The van der Waals surface area contributed by atoms with Crippen LogP contribution in [0.25, 0.3) is 0 Å². The molecular formula is C15H21Cl2NO. The Kier molecular flexibility index (Phi) is 5.52. The molecule has 1 fully saturated rings. The zero-order valence-corrected chi connectivity index (χ0v) is 12.7. The van der Waals surface area contributed by atoms with Gasteiger partial charge in [0.1, 0.15) is 0 Å². The fourth-order valence-electron chi connectivity index (χ4n) is 2.72. The Bertz CT molecular complexity index is 425. The first kappa shape index (κ1) is 15.1. The Hall–Kier alpha value is -0.280. The Morgan fingerprint density at radius 1 is 1.32 bits per heavy atom. The lowest BCUT2D eigenvalue weighted by atomic mass is 9.86. The van der Waals surface area contributed by atoms with E-state index in [1.165, 1.54) is 6.42 Å². The highest BCUT2D eigenvalue weighted by atomic mass is 35.5. The molecule has 1 aromatic rings. The monoisotopic (exact) mass is 301 g/mol. The quantitative estimate of drug-likeness (QED) is 0.874. The maximum Gasteiger partial charge on any atom is 0.0580 e. The Morgan fingerprint density at radius 3 is 2.74 bits per heavy atom. The van der Waals surface area contributed by atoms with Crippen molar-refractivity contribution in [2.24, 2.45) is 5.92 Å². The molecule has 0 amide bonds. The summed E-state index contributed by atoms with van der Waals surface area (Å²) < 4.78 is 0. The number of nitrogens with one attached hydrogen (secondary N) is 1. The summed E-state index contributed by atoms with van der Waals surface area (Å²) in [5.74, 6) is 0.363. The number of rotatable bonds is 4. The molecule has 1 aromatic carbocycles. The summed E-state index contributed by atoms with van der Waals surface area (Å²) in [5, 5.41) is 14.8. The molecule has 2 nitrogen and oxygen atoms in total. The van der Waals surface area contributed by atoms with Crippen LogP contribution in [0.2, 0.25) is 10.0 Å². The predicted molar refractivity (Wildman–Crippen MR) is 80.8 cm³/mol. The number of aliphatic hydroxyl groups is 1. The molecule has 2 N–H and O–H groups in total. The lowest BCUT2D eigenvalue weighted by Gasteiger charge is -2.29. The molecule has 0 spiro atoms. The highest BCUT2D eigenvalue weighted by molar-refractivity contribution is 6.35. The van der Waals surface area contributed by atoms with Crippen molar-refractivity contribution in [3.63, 3.8) is 0 Å². The van der Waals surface area contributed by atoms with Crippen molar-refractivity contribution in [3.05, 3.63) is 33.8 Å². The smallest absolute Gasteiger partial charge is 0.0580 e. The Balaban J connectivity index is 1.91. The summed E-state index contributed by atoms with van der Waals surface area (Å²) in [6.45, 7) is 2.92. The predicted octanol–water partition coefficient (Wildman–Crippen LogP) is 4.20. The topological polar surface area (TPSA) is 32.3 Å². The molecule has 1 aliphatic rings. The van der Waals surface area contributed by atoms with Crippen LogP contribution in [0.5, 0.6) is 0 Å². The minimum absolute atomic E-state index is 0.158. The summed E-state index contributed by atoms with van der Waals surface area (Å²) in [5.41, 5.74) is 1.05. The molecule has 1 aliphatic carbocycles. The van der Waals surface area contributed by atoms with E-state index in [9.17, 15) is 5.11 Å². The summed E-state index contributed by atoms with van der Waals surface area (Å²) in [6, 6.07) is 5.75. The molecule has 0 aliphatic heterocycles. The van der Waals surface area contributed by atoms with Crippen LogP contribution in [0.4, 0.5) is 0 Å². The molecule has 0 heterocycles. The first-order chi connectivity index (χ1) is 9.08. The number of halogens is 2. The number of benzene rings is 1. The molecule has 1 saturated carbocycles. The van der Waals surface area contributed by atoms with Crippen LogP contribution >= 0.6 is 23.2 Å². The zero-order valence-electron chi connectivity index (χ0n) is 11.2. The highest BCUT2D eigenvalue weighted by Crippen LogP contribution is 2.28. The summed E-state index contributed by atoms with van der Waals surface area (Å²) >= 11 is 12.1. The lowest BCUT2D eigenvalue weighted by molar-refractivity contribution is 0.0684. The third-order valence-corrected chi connectivity index (χ3v) is 4.55. The van der Waals surface area contributed by atoms with Gasteiger partial charge in [-0.3, -0.25) is 0 Å². The van der Waals surface area contributed by atoms with Gasteiger partial charge < -0.3 is 10.4 Å². The van der Waals surface area contributed by atoms with E-state index in [4.69, 9.17) is 23.2 Å². The average Bonchev–Trinajstić information content (AvgIpc) is 2.37. The van der Waals surface area contributed by atoms with Gasteiger partial charge in [0.25, 0.3) is 0 Å². The Morgan fingerprint density at radius 2 is 2.05 bits per heavy atom. The Labute approximate surface area is 125 Å². The van der Waals surface area contributed by atoms with Gasteiger partial charge >= 0.3 is 0 Å². The minimum atomic E-state index is -0.158. The van der Waals surface area contributed by atoms with Gasteiger partial charge in [-0.1, -0.05) is 42.1 Å². The van der Waals surface area contributed by atoms with Gasteiger partial charge in [-0.05, 0) is 43.4 Å². The third kappa shape index (κ3) is 4.09. The molecule has 0 bridgehead atoms. The van der Waals surface area contributed by atoms with E-state index in [2.05, 4.69) is 12.2 Å². The van der Waals surface area contributed by atoms with E-state index in [0.717, 1.165) is 31.4 Å². The van der Waals surface area contributed by atoms with Crippen molar-refractivity contribution in [3.8, 4) is 0 Å². The van der Waals surface area contributed by atoms with Crippen molar-refractivity contribution in [2.45, 2.75) is 44.8 Å². The van der Waals surface area contributed by atoms with Crippen molar-refractivity contribution in [1.82, 2.24) is 5.32 Å². The molecule has 106 valence electrons. The number of hydrogen-bond acceptors (Lipinski definition) is 2. The molecular weight excluding hydrogens is 281 g/mol. The normalized spacial score (nSPS) is 25.3. The van der Waals surface area contributed by atoms with Gasteiger partial charge in [-0.25, -0.2) is 0 Å². The average molecular weight is 302 g/mol. The van der Waals surface area contributed by atoms with E-state index >= 15 is 0 Å². The van der Waals surface area contributed by atoms with Gasteiger partial charge in [0.15, 0.2) is 0 Å². The van der Waals surface area contributed by atoms with Crippen LogP contribution in [0, 0.1) is 5.92 Å².